The summed E-state index contributed by atoms with van der Waals surface area (Å²) in [6.45, 7) is 3.41. The van der Waals surface area contributed by atoms with Crippen LogP contribution in [0, 0.1) is 0 Å². The van der Waals surface area contributed by atoms with Gasteiger partial charge in [-0.2, -0.15) is 5.48 Å². The van der Waals surface area contributed by atoms with Crippen LogP contribution >= 0.6 is 11.6 Å². The monoisotopic (exact) mass is 325 g/mol. The standard InChI is InChI=1S/C16H24ClN3O2/c1-3-20(2)14(15(17)18-21)11-16(9-10-16)19-22-12-13-7-5-4-6-8-13/h4-8,14,19,21H,3,9-12H2,1-2H3/b18-15-. The Morgan fingerprint density at radius 1 is 1.45 bits per heavy atom. The third kappa shape index (κ3) is 4.68. The molecule has 1 atom stereocenters. The molecule has 0 bridgehead atoms. The predicted molar refractivity (Wildman–Crippen MR) is 88.1 cm³/mol. The summed E-state index contributed by atoms with van der Waals surface area (Å²) in [5.74, 6) is 0. The lowest BCUT2D eigenvalue weighted by atomic mass is 10.1. The van der Waals surface area contributed by atoms with Crippen LogP contribution in [0.4, 0.5) is 0 Å². The summed E-state index contributed by atoms with van der Waals surface area (Å²) in [4.78, 5) is 7.73. The summed E-state index contributed by atoms with van der Waals surface area (Å²) in [5, 5.41) is 12.4. The minimum absolute atomic E-state index is 0.0757. The van der Waals surface area contributed by atoms with Gasteiger partial charge in [0, 0.05) is 5.54 Å². The van der Waals surface area contributed by atoms with Gasteiger partial charge in [0.15, 0.2) is 5.17 Å². The largest absolute Gasteiger partial charge is 0.410 e. The van der Waals surface area contributed by atoms with Gasteiger partial charge in [-0.3, -0.25) is 9.74 Å². The first-order valence-electron chi connectivity index (χ1n) is 7.61. The highest BCUT2D eigenvalue weighted by molar-refractivity contribution is 6.66. The molecule has 1 fully saturated rings. The SMILES string of the molecule is CCN(C)C(CC1(NOCc2ccccc2)CC1)/C(Cl)=N/O. The predicted octanol–water partition coefficient (Wildman–Crippen LogP) is 2.98. The topological polar surface area (TPSA) is 57.1 Å². The normalized spacial score (nSPS) is 18.5. The molecule has 0 amide bonds. The molecule has 1 aromatic rings. The van der Waals surface area contributed by atoms with Crippen LogP contribution in [0.5, 0.6) is 0 Å². The number of hydrogen-bond donors (Lipinski definition) is 2. The van der Waals surface area contributed by atoms with Crippen molar-refractivity contribution in [3.8, 4) is 0 Å². The van der Waals surface area contributed by atoms with Gasteiger partial charge in [-0.1, -0.05) is 54.0 Å². The molecule has 22 heavy (non-hydrogen) atoms. The van der Waals surface area contributed by atoms with E-state index in [1.165, 1.54) is 0 Å². The Hall–Kier alpha value is -1.14. The van der Waals surface area contributed by atoms with Crippen LogP contribution in [-0.4, -0.2) is 40.5 Å². The van der Waals surface area contributed by atoms with Crippen LogP contribution in [0.1, 0.15) is 31.7 Å². The zero-order chi connectivity index (χ0) is 16.0. The molecule has 0 spiro atoms. The Morgan fingerprint density at radius 2 is 2.14 bits per heavy atom. The summed E-state index contributed by atoms with van der Waals surface area (Å²) >= 11 is 6.06. The molecular formula is C16H24ClN3O2. The fourth-order valence-corrected chi connectivity index (χ4v) is 2.67. The summed E-state index contributed by atoms with van der Waals surface area (Å²) in [6, 6.07) is 9.94. The van der Waals surface area contributed by atoms with E-state index in [0.717, 1.165) is 31.4 Å². The average Bonchev–Trinajstić information content (AvgIpc) is 3.32. The number of halogens is 1. The average molecular weight is 326 g/mol. The third-order valence-electron chi connectivity index (χ3n) is 4.21. The van der Waals surface area contributed by atoms with Crippen LogP contribution in [0.3, 0.4) is 0 Å². The molecule has 1 aliphatic carbocycles. The highest BCUT2D eigenvalue weighted by Crippen LogP contribution is 2.41. The molecule has 0 heterocycles. The zero-order valence-electron chi connectivity index (χ0n) is 13.1. The molecule has 1 aromatic carbocycles. The highest BCUT2D eigenvalue weighted by atomic mass is 35.5. The van der Waals surface area contributed by atoms with Crippen molar-refractivity contribution in [2.24, 2.45) is 5.16 Å². The molecule has 0 saturated heterocycles. The second kappa shape index (κ2) is 7.92. The van der Waals surface area contributed by atoms with Crippen molar-refractivity contribution in [2.45, 2.75) is 44.4 Å². The van der Waals surface area contributed by atoms with Gasteiger partial charge in [0.05, 0.1) is 12.6 Å². The Morgan fingerprint density at radius 3 is 2.68 bits per heavy atom. The van der Waals surface area contributed by atoms with Crippen molar-refractivity contribution in [2.75, 3.05) is 13.6 Å². The third-order valence-corrected chi connectivity index (χ3v) is 4.54. The smallest absolute Gasteiger partial charge is 0.162 e. The maximum atomic E-state index is 8.97. The first-order chi connectivity index (χ1) is 10.6. The summed E-state index contributed by atoms with van der Waals surface area (Å²) in [6.07, 6.45) is 2.83. The second-order valence-electron chi connectivity index (χ2n) is 5.87. The number of hydroxylamine groups is 1. The van der Waals surface area contributed by atoms with Gasteiger partial charge in [0.25, 0.3) is 0 Å². The molecule has 0 radical (unpaired) electrons. The van der Waals surface area contributed by atoms with Gasteiger partial charge >= 0.3 is 0 Å². The zero-order valence-corrected chi connectivity index (χ0v) is 13.9. The molecule has 0 aromatic heterocycles. The maximum absolute atomic E-state index is 8.97. The lowest BCUT2D eigenvalue weighted by Gasteiger charge is -2.29. The highest BCUT2D eigenvalue weighted by Gasteiger charge is 2.46. The lowest BCUT2D eigenvalue weighted by Crippen LogP contribution is -2.44. The van der Waals surface area contributed by atoms with E-state index < -0.39 is 0 Å². The van der Waals surface area contributed by atoms with Crippen molar-refractivity contribution in [3.05, 3.63) is 35.9 Å². The molecule has 6 heteroatoms. The number of hydrogen-bond acceptors (Lipinski definition) is 5. The quantitative estimate of drug-likeness (QED) is 0.416. The van der Waals surface area contributed by atoms with Gasteiger partial charge in [-0.15, -0.1) is 0 Å². The molecule has 5 nitrogen and oxygen atoms in total. The van der Waals surface area contributed by atoms with E-state index in [2.05, 4.69) is 15.5 Å². The van der Waals surface area contributed by atoms with Crippen LogP contribution in [0.2, 0.25) is 0 Å². The van der Waals surface area contributed by atoms with Crippen molar-refractivity contribution in [1.82, 2.24) is 10.4 Å². The Labute approximate surface area is 136 Å². The van der Waals surface area contributed by atoms with Gasteiger partial charge in [0.2, 0.25) is 0 Å². The minimum Gasteiger partial charge on any atom is -0.410 e. The van der Waals surface area contributed by atoms with E-state index >= 15 is 0 Å². The second-order valence-corrected chi connectivity index (χ2v) is 6.26. The lowest BCUT2D eigenvalue weighted by molar-refractivity contribution is -0.00956. The molecule has 1 aliphatic rings. The van der Waals surface area contributed by atoms with Crippen LogP contribution < -0.4 is 5.48 Å². The number of oxime groups is 1. The number of benzene rings is 1. The van der Waals surface area contributed by atoms with E-state index in [1.807, 2.05) is 44.3 Å². The van der Waals surface area contributed by atoms with Crippen LogP contribution in [0.15, 0.2) is 35.5 Å². The number of rotatable bonds is 9. The van der Waals surface area contributed by atoms with Crippen molar-refractivity contribution >= 4 is 16.8 Å². The van der Waals surface area contributed by atoms with Crippen LogP contribution in [0.25, 0.3) is 0 Å². The number of nitrogens with one attached hydrogen (secondary N) is 1. The van der Waals surface area contributed by atoms with E-state index in [0.29, 0.717) is 6.61 Å². The Balaban J connectivity index is 1.87. The Kier molecular flexibility index (Phi) is 6.20. The first-order valence-corrected chi connectivity index (χ1v) is 7.98. The molecule has 1 saturated carbocycles. The first kappa shape index (κ1) is 17.2. The molecule has 2 N–H and O–H groups in total. The van der Waals surface area contributed by atoms with Gasteiger partial charge in [-0.05, 0) is 38.4 Å². The minimum atomic E-state index is -0.105. The fraction of sp³-hybridized carbons (Fsp3) is 0.562. The van der Waals surface area contributed by atoms with E-state index in [9.17, 15) is 0 Å². The van der Waals surface area contributed by atoms with Gasteiger partial charge in [-0.25, -0.2) is 0 Å². The van der Waals surface area contributed by atoms with Crippen molar-refractivity contribution in [1.29, 1.82) is 0 Å². The molecule has 2 rings (SSSR count). The van der Waals surface area contributed by atoms with Crippen LogP contribution in [-0.2, 0) is 11.4 Å². The van der Waals surface area contributed by atoms with E-state index in [1.54, 1.807) is 0 Å². The maximum Gasteiger partial charge on any atom is 0.162 e. The summed E-state index contributed by atoms with van der Waals surface area (Å²) in [5.41, 5.74) is 4.24. The number of nitrogens with zero attached hydrogens (tertiary/aromatic N) is 2. The summed E-state index contributed by atoms with van der Waals surface area (Å²) < 4.78 is 0. The molecule has 1 unspecified atom stereocenters. The molecule has 122 valence electrons. The van der Waals surface area contributed by atoms with Gasteiger partial charge < -0.3 is 5.21 Å². The van der Waals surface area contributed by atoms with Gasteiger partial charge in [0.1, 0.15) is 0 Å². The Bertz CT molecular complexity index is 491. The molecule has 0 aliphatic heterocycles. The summed E-state index contributed by atoms with van der Waals surface area (Å²) in [7, 11) is 1.97. The van der Waals surface area contributed by atoms with E-state index in [4.69, 9.17) is 21.6 Å². The van der Waals surface area contributed by atoms with Crippen molar-refractivity contribution in [3.63, 3.8) is 0 Å². The van der Waals surface area contributed by atoms with E-state index in [-0.39, 0.29) is 16.8 Å². The van der Waals surface area contributed by atoms with Crippen molar-refractivity contribution < 1.29 is 10.0 Å². The fourth-order valence-electron chi connectivity index (χ4n) is 2.42. The molecular weight excluding hydrogens is 302 g/mol.